The van der Waals surface area contributed by atoms with Gasteiger partial charge in [-0.15, -0.1) is 10.2 Å². The van der Waals surface area contributed by atoms with Crippen LogP contribution in [0.5, 0.6) is 5.75 Å². The Labute approximate surface area is 204 Å². The van der Waals surface area contributed by atoms with Crippen LogP contribution in [0.1, 0.15) is 5.56 Å². The number of thiazole rings is 1. The largest absolute Gasteiger partial charge is 0.497 e. The van der Waals surface area contributed by atoms with Crippen molar-refractivity contribution in [1.29, 1.82) is 0 Å². The minimum absolute atomic E-state index is 0.157. The first-order valence-electron chi connectivity index (χ1n) is 10.4. The molecular formula is C24H20N6O2S2. The highest BCUT2D eigenvalue weighted by Gasteiger charge is 2.18. The molecule has 0 saturated heterocycles. The molecule has 0 aliphatic carbocycles. The molecule has 34 heavy (non-hydrogen) atoms. The van der Waals surface area contributed by atoms with Gasteiger partial charge in [0.2, 0.25) is 5.91 Å². The van der Waals surface area contributed by atoms with Crippen LogP contribution >= 0.6 is 23.1 Å². The van der Waals surface area contributed by atoms with Crippen molar-refractivity contribution >= 4 is 44.4 Å². The summed E-state index contributed by atoms with van der Waals surface area (Å²) in [4.78, 5) is 21.3. The maximum absolute atomic E-state index is 12.7. The number of fused-ring (bicyclic) bond motifs is 1. The lowest BCUT2D eigenvalue weighted by atomic mass is 10.2. The molecule has 0 aliphatic heterocycles. The number of rotatable bonds is 7. The molecule has 0 radical (unpaired) electrons. The summed E-state index contributed by atoms with van der Waals surface area (Å²) in [5.74, 6) is 1.42. The second kappa shape index (κ2) is 9.62. The highest BCUT2D eigenvalue weighted by atomic mass is 32.2. The third kappa shape index (κ3) is 4.63. The van der Waals surface area contributed by atoms with Gasteiger partial charge in [0.1, 0.15) is 5.75 Å². The van der Waals surface area contributed by atoms with Gasteiger partial charge in [-0.05, 0) is 61.0 Å². The van der Waals surface area contributed by atoms with E-state index in [2.05, 4.69) is 31.5 Å². The molecule has 10 heteroatoms. The normalized spacial score (nSPS) is 11.0. The monoisotopic (exact) mass is 488 g/mol. The van der Waals surface area contributed by atoms with Gasteiger partial charge in [0.15, 0.2) is 16.1 Å². The van der Waals surface area contributed by atoms with Crippen LogP contribution in [0.15, 0.2) is 72.1 Å². The number of thioether (sulfide) groups is 1. The minimum atomic E-state index is -0.157. The minimum Gasteiger partial charge on any atom is -0.497 e. The van der Waals surface area contributed by atoms with E-state index in [1.165, 1.54) is 23.1 Å². The molecule has 3 heterocycles. The van der Waals surface area contributed by atoms with Gasteiger partial charge in [0.25, 0.3) is 0 Å². The van der Waals surface area contributed by atoms with Crippen LogP contribution in [-0.2, 0) is 4.79 Å². The Morgan fingerprint density at radius 1 is 1.09 bits per heavy atom. The van der Waals surface area contributed by atoms with E-state index in [9.17, 15) is 4.79 Å². The summed E-state index contributed by atoms with van der Waals surface area (Å²) < 4.78 is 8.25. The van der Waals surface area contributed by atoms with Gasteiger partial charge in [-0.1, -0.05) is 29.2 Å². The van der Waals surface area contributed by atoms with Crippen molar-refractivity contribution in [2.75, 3.05) is 18.2 Å². The Morgan fingerprint density at radius 3 is 2.65 bits per heavy atom. The lowest BCUT2D eigenvalue weighted by molar-refractivity contribution is -0.113. The molecule has 170 valence electrons. The lowest BCUT2D eigenvalue weighted by Gasteiger charge is -2.11. The van der Waals surface area contributed by atoms with E-state index in [-0.39, 0.29) is 11.7 Å². The molecule has 0 fully saturated rings. The summed E-state index contributed by atoms with van der Waals surface area (Å²) in [6.07, 6.45) is 3.42. The second-order valence-electron chi connectivity index (χ2n) is 7.40. The maximum atomic E-state index is 12.7. The first kappa shape index (κ1) is 22.1. The smallest absolute Gasteiger partial charge is 0.236 e. The van der Waals surface area contributed by atoms with Gasteiger partial charge in [0, 0.05) is 23.6 Å². The average Bonchev–Trinajstić information content (AvgIpc) is 3.46. The molecular weight excluding hydrogens is 468 g/mol. The highest BCUT2D eigenvalue weighted by Crippen LogP contribution is 2.30. The van der Waals surface area contributed by atoms with Crippen LogP contribution in [0.4, 0.5) is 5.13 Å². The fourth-order valence-corrected chi connectivity index (χ4v) is 5.12. The highest BCUT2D eigenvalue weighted by molar-refractivity contribution is 7.99. The topological polar surface area (TPSA) is 94.8 Å². The van der Waals surface area contributed by atoms with E-state index in [1.807, 2.05) is 60.0 Å². The molecule has 5 aromatic rings. The SMILES string of the molecule is COc1ccc(-n2c(SCC(=O)Nc3nc4ccc(C)cc4s3)nnc2-c2ccncc2)cc1. The number of nitrogens with zero attached hydrogens (tertiary/aromatic N) is 5. The Bertz CT molecular complexity index is 1450. The number of carbonyl (C=O) groups is 1. The van der Waals surface area contributed by atoms with Gasteiger partial charge < -0.3 is 10.1 Å². The summed E-state index contributed by atoms with van der Waals surface area (Å²) in [5, 5.41) is 12.8. The summed E-state index contributed by atoms with van der Waals surface area (Å²) >= 11 is 2.77. The quantitative estimate of drug-likeness (QED) is 0.323. The predicted octanol–water partition coefficient (Wildman–Crippen LogP) is 4.99. The Kier molecular flexibility index (Phi) is 6.24. The average molecular weight is 489 g/mol. The maximum Gasteiger partial charge on any atom is 0.236 e. The van der Waals surface area contributed by atoms with Gasteiger partial charge >= 0.3 is 0 Å². The van der Waals surface area contributed by atoms with Crippen LogP contribution in [0.2, 0.25) is 0 Å². The number of anilines is 1. The summed E-state index contributed by atoms with van der Waals surface area (Å²) in [6, 6.07) is 17.4. The summed E-state index contributed by atoms with van der Waals surface area (Å²) in [5.41, 5.74) is 3.77. The van der Waals surface area contributed by atoms with Crippen LogP contribution in [0.25, 0.3) is 27.3 Å². The third-order valence-electron chi connectivity index (χ3n) is 5.03. The Morgan fingerprint density at radius 2 is 1.88 bits per heavy atom. The summed E-state index contributed by atoms with van der Waals surface area (Å²) in [6.45, 7) is 2.03. The zero-order valence-electron chi connectivity index (χ0n) is 18.4. The van der Waals surface area contributed by atoms with Crippen molar-refractivity contribution in [2.45, 2.75) is 12.1 Å². The zero-order chi connectivity index (χ0) is 23.5. The molecule has 0 bridgehead atoms. The lowest BCUT2D eigenvalue weighted by Crippen LogP contribution is -2.14. The van der Waals surface area contributed by atoms with Crippen LogP contribution in [0.3, 0.4) is 0 Å². The van der Waals surface area contributed by atoms with Crippen molar-refractivity contribution < 1.29 is 9.53 Å². The molecule has 1 amide bonds. The number of hydrogen-bond donors (Lipinski definition) is 1. The van der Waals surface area contributed by atoms with Gasteiger partial charge in [-0.2, -0.15) is 0 Å². The van der Waals surface area contributed by atoms with E-state index in [0.717, 1.165) is 32.8 Å². The molecule has 0 aliphatic rings. The molecule has 8 nitrogen and oxygen atoms in total. The number of pyridine rings is 1. The number of methoxy groups -OCH3 is 1. The zero-order valence-corrected chi connectivity index (χ0v) is 20.1. The first-order valence-corrected chi connectivity index (χ1v) is 12.2. The fraction of sp³-hybridized carbons (Fsp3) is 0.125. The number of aryl methyl sites for hydroxylation is 1. The number of ether oxygens (including phenoxy) is 1. The summed E-state index contributed by atoms with van der Waals surface area (Å²) in [7, 11) is 1.63. The predicted molar refractivity (Wildman–Crippen MR) is 135 cm³/mol. The molecule has 2 aromatic carbocycles. The van der Waals surface area contributed by atoms with Crippen molar-refractivity contribution in [3.8, 4) is 22.8 Å². The number of nitrogens with one attached hydrogen (secondary N) is 1. The molecule has 0 spiro atoms. The van der Waals surface area contributed by atoms with E-state index >= 15 is 0 Å². The van der Waals surface area contributed by atoms with Gasteiger partial charge in [0.05, 0.1) is 23.1 Å². The molecule has 5 rings (SSSR count). The van der Waals surface area contributed by atoms with Crippen molar-refractivity contribution in [3.63, 3.8) is 0 Å². The van der Waals surface area contributed by atoms with Crippen molar-refractivity contribution in [3.05, 3.63) is 72.6 Å². The van der Waals surface area contributed by atoms with Gasteiger partial charge in [-0.3, -0.25) is 14.3 Å². The number of hydrogen-bond acceptors (Lipinski definition) is 8. The Balaban J connectivity index is 1.38. The van der Waals surface area contributed by atoms with Crippen molar-refractivity contribution in [1.82, 2.24) is 24.7 Å². The van der Waals surface area contributed by atoms with E-state index < -0.39 is 0 Å². The van der Waals surface area contributed by atoms with Crippen LogP contribution in [0, 0.1) is 6.92 Å². The molecule has 0 unspecified atom stereocenters. The Hall–Kier alpha value is -3.76. The van der Waals surface area contributed by atoms with Crippen molar-refractivity contribution in [2.24, 2.45) is 0 Å². The number of benzene rings is 2. The molecule has 3 aromatic heterocycles. The molecule has 0 saturated carbocycles. The van der Waals surface area contributed by atoms with E-state index in [0.29, 0.717) is 16.1 Å². The van der Waals surface area contributed by atoms with Crippen LogP contribution < -0.4 is 10.1 Å². The standard InChI is InChI=1S/C24H20N6O2S2/c1-15-3-8-19-20(13-15)34-23(26-19)27-21(31)14-33-24-29-28-22(16-9-11-25-12-10-16)30(24)17-4-6-18(32-2)7-5-17/h3-13H,14H2,1-2H3,(H,26,27,31). The number of amides is 1. The second-order valence-corrected chi connectivity index (χ2v) is 9.38. The third-order valence-corrected chi connectivity index (χ3v) is 6.89. The fourth-order valence-electron chi connectivity index (χ4n) is 3.39. The van der Waals surface area contributed by atoms with E-state index in [1.54, 1.807) is 19.5 Å². The van der Waals surface area contributed by atoms with Gasteiger partial charge in [-0.25, -0.2) is 4.98 Å². The van der Waals surface area contributed by atoms with Crippen LogP contribution in [-0.4, -0.2) is 43.5 Å². The molecule has 1 N–H and O–H groups in total. The number of carbonyl (C=O) groups excluding carboxylic acids is 1. The number of aromatic nitrogens is 5. The first-order chi connectivity index (χ1) is 16.6. The van der Waals surface area contributed by atoms with E-state index in [4.69, 9.17) is 4.74 Å². The molecule has 0 atom stereocenters.